The molecule has 1 amide bonds. The van der Waals surface area contributed by atoms with Gasteiger partial charge in [-0.25, -0.2) is 9.37 Å². The average molecular weight is 393 g/mol. The van der Waals surface area contributed by atoms with Gasteiger partial charge in [0.1, 0.15) is 0 Å². The summed E-state index contributed by atoms with van der Waals surface area (Å²) in [5.41, 5.74) is 0.283. The zero-order valence-corrected chi connectivity index (χ0v) is 15.0. The van der Waals surface area contributed by atoms with Gasteiger partial charge in [0.25, 0.3) is 5.91 Å². The summed E-state index contributed by atoms with van der Waals surface area (Å²) < 4.78 is 14.9. The van der Waals surface area contributed by atoms with Gasteiger partial charge in [-0.2, -0.15) is 0 Å². The number of nitrogens with zero attached hydrogens (tertiary/aromatic N) is 2. The molecule has 1 atom stereocenters. The van der Waals surface area contributed by atoms with Crippen LogP contribution < -0.4 is 4.90 Å². The molecule has 0 spiro atoms. The van der Waals surface area contributed by atoms with Crippen molar-refractivity contribution in [2.45, 2.75) is 5.72 Å². The number of amides is 1. The number of H-pyrrole nitrogens is 1. The van der Waals surface area contributed by atoms with Gasteiger partial charge in [0.15, 0.2) is 17.9 Å². The number of carbonyl (C=O) groups is 1. The second kappa shape index (κ2) is 5.89. The zero-order valence-electron chi connectivity index (χ0n) is 14.3. The van der Waals surface area contributed by atoms with E-state index in [0.29, 0.717) is 16.6 Å². The second-order valence-corrected chi connectivity index (χ2v) is 6.92. The molecule has 28 heavy (non-hydrogen) atoms. The molecule has 1 unspecified atom stereocenters. The normalized spacial score (nSPS) is 18.7. The lowest BCUT2D eigenvalue weighted by atomic mass is 9.93. The van der Waals surface area contributed by atoms with Gasteiger partial charge in [-0.15, -0.1) is 0 Å². The van der Waals surface area contributed by atoms with E-state index in [0.717, 1.165) is 10.4 Å². The Morgan fingerprint density at radius 2 is 1.96 bits per heavy atom. The van der Waals surface area contributed by atoms with Gasteiger partial charge in [0.2, 0.25) is 0 Å². The number of hydrogen-bond acceptors (Lipinski definition) is 3. The smallest absolute Gasteiger partial charge is 0.261 e. The predicted molar refractivity (Wildman–Crippen MR) is 103 cm³/mol. The molecule has 1 aliphatic heterocycles. The Morgan fingerprint density at radius 1 is 1.14 bits per heavy atom. The molecule has 137 valence electrons. The van der Waals surface area contributed by atoms with Crippen LogP contribution in [0.15, 0.2) is 60.7 Å². The first-order valence-electron chi connectivity index (χ1n) is 8.48. The predicted octanol–water partition coefficient (Wildman–Crippen LogP) is 4.01. The molecule has 5 nitrogen and oxygen atoms in total. The van der Waals surface area contributed by atoms with Crippen LogP contribution in [0.4, 0.5) is 10.1 Å². The van der Waals surface area contributed by atoms with Crippen LogP contribution in [0.25, 0.3) is 11.0 Å². The van der Waals surface area contributed by atoms with Crippen LogP contribution in [-0.2, 0) is 5.72 Å². The van der Waals surface area contributed by atoms with E-state index in [2.05, 4.69) is 16.3 Å². The quantitative estimate of drug-likeness (QED) is 0.541. The van der Waals surface area contributed by atoms with Crippen molar-refractivity contribution < 1.29 is 14.3 Å². The summed E-state index contributed by atoms with van der Waals surface area (Å²) in [6, 6.07) is 16.0. The van der Waals surface area contributed by atoms with E-state index in [1.165, 1.54) is 18.2 Å². The number of rotatable bonds is 2. The number of hydrogen-bond donors (Lipinski definition) is 2. The van der Waals surface area contributed by atoms with Crippen LogP contribution in [0.3, 0.4) is 0 Å². The molecular weight excluding hydrogens is 381 g/mol. The number of imidazole rings is 1. The van der Waals surface area contributed by atoms with Gasteiger partial charge in [0, 0.05) is 16.7 Å². The summed E-state index contributed by atoms with van der Waals surface area (Å²) in [4.78, 5) is 21.2. The molecule has 2 heterocycles. The van der Waals surface area contributed by atoms with Crippen LogP contribution in [0.1, 0.15) is 21.5 Å². The summed E-state index contributed by atoms with van der Waals surface area (Å²) in [5.74, 6) is -1.30. The Morgan fingerprint density at radius 3 is 2.82 bits per heavy atom. The molecule has 0 fully saturated rings. The van der Waals surface area contributed by atoms with Gasteiger partial charge in [-0.3, -0.25) is 9.69 Å². The largest absolute Gasteiger partial charge is 0.363 e. The van der Waals surface area contributed by atoms with E-state index in [1.54, 1.807) is 42.5 Å². The highest BCUT2D eigenvalue weighted by atomic mass is 35.5. The van der Waals surface area contributed by atoms with Crippen molar-refractivity contribution in [3.05, 3.63) is 94.5 Å². The van der Waals surface area contributed by atoms with Gasteiger partial charge < -0.3 is 10.1 Å². The number of carbonyl (C=O) groups excluding carboxylic acids is 1. The number of halogens is 2. The van der Waals surface area contributed by atoms with Gasteiger partial charge in [0.05, 0.1) is 21.7 Å². The third-order valence-corrected chi connectivity index (χ3v) is 5.29. The lowest BCUT2D eigenvalue weighted by molar-refractivity contribution is 0.0699. The fraction of sp³-hybridized carbons (Fsp3) is 0.0476. The van der Waals surface area contributed by atoms with E-state index in [1.807, 2.05) is 0 Å². The molecule has 1 radical (unpaired) electrons. The van der Waals surface area contributed by atoms with Crippen LogP contribution in [0.2, 0.25) is 5.02 Å². The Bertz CT molecular complexity index is 1260. The highest BCUT2D eigenvalue weighted by Crippen LogP contribution is 2.46. The van der Waals surface area contributed by atoms with Crippen molar-refractivity contribution in [2.75, 3.05) is 4.90 Å². The van der Waals surface area contributed by atoms with Crippen LogP contribution in [0.5, 0.6) is 0 Å². The maximum Gasteiger partial charge on any atom is 0.261 e. The van der Waals surface area contributed by atoms with Gasteiger partial charge >= 0.3 is 0 Å². The first kappa shape index (κ1) is 16.9. The van der Waals surface area contributed by atoms with Crippen molar-refractivity contribution in [3.63, 3.8) is 0 Å². The number of nitrogens with one attached hydrogen (secondary N) is 1. The summed E-state index contributed by atoms with van der Waals surface area (Å²) >= 11 is 5.94. The fourth-order valence-corrected chi connectivity index (χ4v) is 3.86. The minimum absolute atomic E-state index is 0.107. The van der Waals surface area contributed by atoms with Crippen molar-refractivity contribution in [3.8, 4) is 0 Å². The molecule has 0 aliphatic carbocycles. The van der Waals surface area contributed by atoms with Gasteiger partial charge in [-0.1, -0.05) is 41.9 Å². The summed E-state index contributed by atoms with van der Waals surface area (Å²) in [6.07, 6.45) is 2.64. The van der Waals surface area contributed by atoms with E-state index in [-0.39, 0.29) is 16.3 Å². The Kier molecular flexibility index (Phi) is 3.56. The lowest BCUT2D eigenvalue weighted by Crippen LogP contribution is -2.45. The summed E-state index contributed by atoms with van der Waals surface area (Å²) in [5, 5.41) is 11.7. The van der Waals surface area contributed by atoms with Crippen LogP contribution in [-0.4, -0.2) is 21.0 Å². The van der Waals surface area contributed by atoms with E-state index in [4.69, 9.17) is 11.6 Å². The first-order chi connectivity index (χ1) is 13.5. The molecular formula is C21H12ClFN3O2. The highest BCUT2D eigenvalue weighted by Gasteiger charge is 2.51. The highest BCUT2D eigenvalue weighted by molar-refractivity contribution is 6.31. The summed E-state index contributed by atoms with van der Waals surface area (Å²) in [6.45, 7) is 0. The van der Waals surface area contributed by atoms with E-state index < -0.39 is 17.4 Å². The Labute approximate surface area is 164 Å². The topological polar surface area (TPSA) is 69.2 Å². The molecule has 4 aromatic rings. The maximum atomic E-state index is 14.9. The van der Waals surface area contributed by atoms with Gasteiger partial charge in [-0.05, 0) is 30.3 Å². The molecule has 0 bridgehead atoms. The number of aromatic nitrogens is 2. The molecule has 1 aliphatic rings. The lowest BCUT2D eigenvalue weighted by Gasteiger charge is -2.35. The Balaban J connectivity index is 1.82. The van der Waals surface area contributed by atoms with Crippen molar-refractivity contribution >= 4 is 34.2 Å². The molecule has 3 aromatic carbocycles. The number of benzene rings is 3. The SMILES string of the molecule is O=C1c2ccccc2C(O)(c2ccc3[nH][c]nc3c2)N1c1cccc(Cl)c1F. The third-order valence-electron chi connectivity index (χ3n) is 5.00. The van der Waals surface area contributed by atoms with Crippen molar-refractivity contribution in [1.82, 2.24) is 9.97 Å². The molecule has 5 rings (SSSR count). The number of anilines is 1. The van der Waals surface area contributed by atoms with Crippen molar-refractivity contribution in [2.24, 2.45) is 0 Å². The zero-order chi connectivity index (χ0) is 19.5. The maximum absolute atomic E-state index is 14.9. The first-order valence-corrected chi connectivity index (χ1v) is 8.86. The fourth-order valence-electron chi connectivity index (χ4n) is 3.69. The minimum Gasteiger partial charge on any atom is -0.363 e. The second-order valence-electron chi connectivity index (χ2n) is 6.51. The molecule has 0 saturated carbocycles. The van der Waals surface area contributed by atoms with Crippen LogP contribution in [0, 0.1) is 12.1 Å². The average Bonchev–Trinajstić information content (AvgIpc) is 3.26. The number of aliphatic hydroxyl groups is 1. The summed E-state index contributed by atoms with van der Waals surface area (Å²) in [7, 11) is 0. The number of aromatic amines is 1. The van der Waals surface area contributed by atoms with Crippen molar-refractivity contribution in [1.29, 1.82) is 0 Å². The molecule has 7 heteroatoms. The van der Waals surface area contributed by atoms with E-state index in [9.17, 15) is 14.3 Å². The standard InChI is InChI=1S/C21H12ClFN3O2/c22-15-6-3-7-18(19(15)23)26-20(27)13-4-1-2-5-14(13)21(26,28)12-8-9-16-17(10-12)25-11-24-16/h1-10,28H,(H,24,25). The monoisotopic (exact) mass is 392 g/mol. The molecule has 0 saturated heterocycles. The van der Waals surface area contributed by atoms with E-state index >= 15 is 0 Å². The van der Waals surface area contributed by atoms with Crippen LogP contribution >= 0.6 is 11.6 Å². The molecule has 2 N–H and O–H groups in total. The molecule has 1 aromatic heterocycles. The minimum atomic E-state index is -1.92. The Hall–Kier alpha value is -3.22. The number of fused-ring (bicyclic) bond motifs is 2. The third kappa shape index (κ3) is 2.16.